The van der Waals surface area contributed by atoms with Crippen molar-refractivity contribution in [3.8, 4) is 11.5 Å². The van der Waals surface area contributed by atoms with Gasteiger partial charge in [0.1, 0.15) is 17.3 Å². The second-order valence-corrected chi connectivity index (χ2v) is 13.1. The molecule has 0 aliphatic heterocycles. The third kappa shape index (κ3) is 5.68. The summed E-state index contributed by atoms with van der Waals surface area (Å²) in [4.78, 5) is 0.0578. The maximum absolute atomic E-state index is 14.9. The minimum atomic E-state index is -4.49. The van der Waals surface area contributed by atoms with Gasteiger partial charge in [-0.05, 0) is 80.8 Å². The van der Waals surface area contributed by atoms with Crippen LogP contribution < -0.4 is 13.8 Å². The first-order valence-corrected chi connectivity index (χ1v) is 14.9. The van der Waals surface area contributed by atoms with E-state index in [9.17, 15) is 17.4 Å². The van der Waals surface area contributed by atoms with Crippen molar-refractivity contribution in [2.75, 3.05) is 0 Å². The molecule has 0 saturated heterocycles. The van der Waals surface area contributed by atoms with Crippen LogP contribution in [0.3, 0.4) is 0 Å². The van der Waals surface area contributed by atoms with Gasteiger partial charge in [0, 0.05) is 0 Å². The van der Waals surface area contributed by atoms with E-state index in [1.807, 2.05) is 6.92 Å². The summed E-state index contributed by atoms with van der Waals surface area (Å²) in [5.41, 5.74) is 2.16. The molecule has 1 N–H and O–H groups in total. The molecule has 0 aliphatic rings. The molecule has 9 heteroatoms. The summed E-state index contributed by atoms with van der Waals surface area (Å²) in [6.07, 6.45) is 0. The lowest BCUT2D eigenvalue weighted by molar-refractivity contribution is 0.337. The number of nitrogens with one attached hydrogen (secondary N) is 1. The lowest BCUT2D eigenvalue weighted by Gasteiger charge is -2.37. The third-order valence-electron chi connectivity index (χ3n) is 6.10. The van der Waals surface area contributed by atoms with Gasteiger partial charge in [0.05, 0.1) is 4.90 Å². The molecule has 6 nitrogen and oxygen atoms in total. The summed E-state index contributed by atoms with van der Waals surface area (Å²) in [7, 11) is -8.79. The van der Waals surface area contributed by atoms with Crippen LogP contribution in [0.5, 0.6) is 11.5 Å². The third-order valence-corrected chi connectivity index (χ3v) is 10.5. The molecular weight excluding hydrogens is 524 g/mol. The number of hydrogen-bond acceptors (Lipinski definition) is 5. The van der Waals surface area contributed by atoms with Gasteiger partial charge in [-0.3, -0.25) is 0 Å². The average Bonchev–Trinajstić information content (AvgIpc) is 2.84. The molecule has 1 atom stereocenters. The number of aryl methyl sites for hydroxylation is 3. The zero-order chi connectivity index (χ0) is 27.6. The predicted molar refractivity (Wildman–Crippen MR) is 146 cm³/mol. The Morgan fingerprint density at radius 2 is 1.21 bits per heavy atom. The van der Waals surface area contributed by atoms with Crippen LogP contribution in [0.25, 0.3) is 0 Å². The van der Waals surface area contributed by atoms with Crippen molar-refractivity contribution in [1.82, 2.24) is 4.72 Å². The van der Waals surface area contributed by atoms with Crippen LogP contribution in [0.4, 0.5) is 4.39 Å². The van der Waals surface area contributed by atoms with Crippen molar-refractivity contribution >= 4 is 17.6 Å². The normalized spacial score (nSPS) is 13.5. The van der Waals surface area contributed by atoms with E-state index in [-0.39, 0.29) is 22.0 Å². The molecule has 0 saturated carbocycles. The highest BCUT2D eigenvalue weighted by Gasteiger charge is 2.54. The van der Waals surface area contributed by atoms with Gasteiger partial charge < -0.3 is 9.05 Å². The number of rotatable bonds is 9. The number of sulfonamides is 1. The molecule has 0 unspecified atom stereocenters. The molecule has 0 bridgehead atoms. The maximum atomic E-state index is 14.9. The standard InChI is InChI=1S/C29H29FNO5PS/c1-21-19-22(2)28(23(3)20-21)38(33,34)31-29(4,24-15-17-25(30)18-16-24)37(32,35-26-11-7-5-8-12-26)36-27-13-9-6-10-14-27/h5-20,31H,1-4H3/t29-/m0/s1. The van der Waals surface area contributed by atoms with Crippen LogP contribution in [0.1, 0.15) is 29.2 Å². The largest absolute Gasteiger partial charge is 0.455 e. The fourth-order valence-electron chi connectivity index (χ4n) is 4.39. The Morgan fingerprint density at radius 1 is 0.763 bits per heavy atom. The van der Waals surface area contributed by atoms with E-state index in [1.165, 1.54) is 31.2 Å². The summed E-state index contributed by atoms with van der Waals surface area (Å²) in [6.45, 7) is 6.69. The Bertz CT molecular complexity index is 1510. The van der Waals surface area contributed by atoms with Gasteiger partial charge in [0.25, 0.3) is 0 Å². The van der Waals surface area contributed by atoms with E-state index in [0.29, 0.717) is 11.1 Å². The number of benzene rings is 4. The van der Waals surface area contributed by atoms with Crippen molar-refractivity contribution in [3.05, 3.63) is 125 Å². The first-order valence-electron chi connectivity index (χ1n) is 11.9. The highest BCUT2D eigenvalue weighted by Crippen LogP contribution is 2.63. The Hall–Kier alpha value is -3.45. The van der Waals surface area contributed by atoms with E-state index >= 15 is 0 Å². The van der Waals surface area contributed by atoms with E-state index < -0.39 is 28.7 Å². The lowest BCUT2D eigenvalue weighted by atomic mass is 10.1. The van der Waals surface area contributed by atoms with Crippen LogP contribution in [-0.2, 0) is 19.9 Å². The molecule has 0 heterocycles. The summed E-state index contributed by atoms with van der Waals surface area (Å²) < 4.78 is 71.5. The van der Waals surface area contributed by atoms with E-state index in [0.717, 1.165) is 5.56 Å². The number of hydrogen-bond donors (Lipinski definition) is 1. The van der Waals surface area contributed by atoms with Gasteiger partial charge in [-0.15, -0.1) is 0 Å². The van der Waals surface area contributed by atoms with Crippen LogP contribution in [0.15, 0.2) is 102 Å². The molecule has 0 amide bonds. The van der Waals surface area contributed by atoms with Crippen LogP contribution >= 0.6 is 7.60 Å². The first kappa shape index (κ1) is 27.6. The minimum absolute atomic E-state index is 0.0578. The number of para-hydroxylation sites is 2. The van der Waals surface area contributed by atoms with E-state index in [2.05, 4.69) is 4.72 Å². The van der Waals surface area contributed by atoms with Crippen molar-refractivity contribution in [2.24, 2.45) is 0 Å². The van der Waals surface area contributed by atoms with Gasteiger partial charge >= 0.3 is 7.60 Å². The van der Waals surface area contributed by atoms with Crippen molar-refractivity contribution in [3.63, 3.8) is 0 Å². The smallest absolute Gasteiger partial charge is 0.415 e. The Labute approximate surface area is 223 Å². The molecule has 0 fully saturated rings. The van der Waals surface area contributed by atoms with Gasteiger partial charge in [0.2, 0.25) is 10.0 Å². The van der Waals surface area contributed by atoms with Crippen molar-refractivity contribution in [1.29, 1.82) is 0 Å². The zero-order valence-electron chi connectivity index (χ0n) is 21.5. The molecule has 0 radical (unpaired) electrons. The Kier molecular flexibility index (Phi) is 7.79. The summed E-state index contributed by atoms with van der Waals surface area (Å²) in [6, 6.07) is 25.3. The lowest BCUT2D eigenvalue weighted by Crippen LogP contribution is -2.45. The van der Waals surface area contributed by atoms with E-state index in [1.54, 1.807) is 86.6 Å². The topological polar surface area (TPSA) is 81.7 Å². The monoisotopic (exact) mass is 553 g/mol. The second-order valence-electron chi connectivity index (χ2n) is 9.22. The molecule has 198 valence electrons. The fourth-order valence-corrected chi connectivity index (χ4v) is 8.57. The first-order chi connectivity index (χ1) is 17.9. The Balaban J connectivity index is 1.94. The second kappa shape index (κ2) is 10.7. The molecule has 0 aromatic heterocycles. The summed E-state index contributed by atoms with van der Waals surface area (Å²) in [5, 5.41) is -1.98. The van der Waals surface area contributed by atoms with Gasteiger partial charge in [0.15, 0.2) is 5.28 Å². The molecule has 4 aromatic rings. The maximum Gasteiger partial charge on any atom is 0.455 e. The zero-order valence-corrected chi connectivity index (χ0v) is 23.2. The molecule has 4 aromatic carbocycles. The Morgan fingerprint density at radius 3 is 1.66 bits per heavy atom. The SMILES string of the molecule is Cc1cc(C)c(S(=O)(=O)N[C@](C)(c2ccc(F)cc2)P(=O)(Oc2ccccc2)Oc2ccccc2)c(C)c1. The van der Waals surface area contributed by atoms with Gasteiger partial charge in [-0.2, -0.15) is 4.72 Å². The van der Waals surface area contributed by atoms with Gasteiger partial charge in [-0.1, -0.05) is 66.2 Å². The highest BCUT2D eigenvalue weighted by molar-refractivity contribution is 7.90. The summed E-state index contributed by atoms with van der Waals surface area (Å²) >= 11 is 0. The average molecular weight is 554 g/mol. The summed E-state index contributed by atoms with van der Waals surface area (Å²) in [5.74, 6) is -0.115. The fraction of sp³-hybridized carbons (Fsp3) is 0.172. The van der Waals surface area contributed by atoms with Crippen LogP contribution in [-0.4, -0.2) is 8.42 Å². The highest BCUT2D eigenvalue weighted by atomic mass is 32.2. The van der Waals surface area contributed by atoms with Crippen molar-refractivity contribution < 1.29 is 26.4 Å². The van der Waals surface area contributed by atoms with Crippen LogP contribution in [0, 0.1) is 26.6 Å². The molecule has 0 aliphatic carbocycles. The minimum Gasteiger partial charge on any atom is -0.415 e. The van der Waals surface area contributed by atoms with Crippen molar-refractivity contribution in [2.45, 2.75) is 37.9 Å². The molecular formula is C29H29FNO5PS. The molecule has 38 heavy (non-hydrogen) atoms. The molecule has 0 spiro atoms. The number of halogens is 1. The van der Waals surface area contributed by atoms with Gasteiger partial charge in [-0.25, -0.2) is 17.4 Å². The predicted octanol–water partition coefficient (Wildman–Crippen LogP) is 7.25. The van der Waals surface area contributed by atoms with Crippen LogP contribution in [0.2, 0.25) is 0 Å². The molecule has 4 rings (SSSR count). The van der Waals surface area contributed by atoms with E-state index in [4.69, 9.17) is 9.05 Å². The quantitative estimate of drug-likeness (QED) is 0.221.